The number of aryl methyl sites for hydroxylation is 1. The van der Waals surface area contributed by atoms with Gasteiger partial charge in [0.1, 0.15) is 0 Å². The largest absolute Gasteiger partial charge is 0.314 e. The maximum Gasteiger partial charge on any atom is 0.0479 e. The minimum Gasteiger partial charge on any atom is -0.314 e. The standard InChI is InChI=1S/C22H37N3/c1-3-19-9-11-20(12-10-19)22(18-24-14-7-5-6-8-15-24)25-16-13-23-17-21(25)4-2/h9-12,21-23H,3-8,13-18H2,1-2H3. The summed E-state index contributed by atoms with van der Waals surface area (Å²) in [6.45, 7) is 11.8. The molecule has 0 spiro atoms. The van der Waals surface area contributed by atoms with Crippen LogP contribution in [0.1, 0.15) is 63.1 Å². The van der Waals surface area contributed by atoms with Gasteiger partial charge in [-0.15, -0.1) is 0 Å². The molecule has 0 radical (unpaired) electrons. The van der Waals surface area contributed by atoms with Crippen molar-refractivity contribution in [3.8, 4) is 0 Å². The number of nitrogens with zero attached hydrogens (tertiary/aromatic N) is 2. The summed E-state index contributed by atoms with van der Waals surface area (Å²) >= 11 is 0. The van der Waals surface area contributed by atoms with Gasteiger partial charge in [-0.05, 0) is 49.9 Å². The Morgan fingerprint density at radius 2 is 1.72 bits per heavy atom. The minimum absolute atomic E-state index is 0.538. The van der Waals surface area contributed by atoms with Gasteiger partial charge in [-0.2, -0.15) is 0 Å². The summed E-state index contributed by atoms with van der Waals surface area (Å²) in [5.74, 6) is 0. The molecule has 1 N–H and O–H groups in total. The zero-order chi connectivity index (χ0) is 17.5. The highest BCUT2D eigenvalue weighted by molar-refractivity contribution is 5.26. The zero-order valence-corrected chi connectivity index (χ0v) is 16.3. The van der Waals surface area contributed by atoms with Crippen molar-refractivity contribution >= 4 is 0 Å². The van der Waals surface area contributed by atoms with Gasteiger partial charge in [0.25, 0.3) is 0 Å². The predicted octanol–water partition coefficient (Wildman–Crippen LogP) is 3.85. The second-order valence-corrected chi connectivity index (χ2v) is 7.83. The van der Waals surface area contributed by atoms with Crippen LogP contribution in [0.3, 0.4) is 0 Å². The third-order valence-electron chi connectivity index (χ3n) is 6.17. The van der Waals surface area contributed by atoms with Crippen molar-refractivity contribution in [3.05, 3.63) is 35.4 Å². The number of rotatable bonds is 6. The third kappa shape index (κ3) is 5.06. The number of hydrogen-bond acceptors (Lipinski definition) is 3. The number of likely N-dealkylation sites (tertiary alicyclic amines) is 1. The van der Waals surface area contributed by atoms with Crippen molar-refractivity contribution in [2.45, 2.75) is 64.5 Å². The van der Waals surface area contributed by atoms with Gasteiger partial charge < -0.3 is 10.2 Å². The van der Waals surface area contributed by atoms with Gasteiger partial charge in [0.05, 0.1) is 0 Å². The monoisotopic (exact) mass is 343 g/mol. The Labute approximate surface area is 154 Å². The summed E-state index contributed by atoms with van der Waals surface area (Å²) in [6.07, 6.45) is 7.94. The molecule has 3 heteroatoms. The average Bonchev–Trinajstić information content (AvgIpc) is 2.95. The van der Waals surface area contributed by atoms with E-state index in [0.29, 0.717) is 12.1 Å². The van der Waals surface area contributed by atoms with E-state index in [-0.39, 0.29) is 0 Å². The van der Waals surface area contributed by atoms with Crippen LogP contribution in [-0.2, 0) is 6.42 Å². The van der Waals surface area contributed by atoms with Gasteiger partial charge in [-0.1, -0.05) is 51.0 Å². The Balaban J connectivity index is 1.80. The van der Waals surface area contributed by atoms with Crippen molar-refractivity contribution in [2.75, 3.05) is 39.3 Å². The summed E-state index contributed by atoms with van der Waals surface area (Å²) in [4.78, 5) is 5.53. The van der Waals surface area contributed by atoms with Crippen LogP contribution < -0.4 is 5.32 Å². The molecule has 0 aromatic heterocycles. The summed E-state index contributed by atoms with van der Waals surface area (Å²) in [5.41, 5.74) is 2.96. The Hall–Kier alpha value is -0.900. The van der Waals surface area contributed by atoms with E-state index in [2.05, 4.69) is 53.2 Å². The van der Waals surface area contributed by atoms with Crippen molar-refractivity contribution in [1.82, 2.24) is 15.1 Å². The predicted molar refractivity (Wildman–Crippen MR) is 107 cm³/mol. The smallest absolute Gasteiger partial charge is 0.0479 e. The second kappa shape index (κ2) is 9.70. The first-order chi connectivity index (χ1) is 12.3. The van der Waals surface area contributed by atoms with Crippen molar-refractivity contribution in [3.63, 3.8) is 0 Å². The van der Waals surface area contributed by atoms with E-state index in [0.717, 1.165) is 19.5 Å². The molecule has 3 nitrogen and oxygen atoms in total. The fraction of sp³-hybridized carbons (Fsp3) is 0.727. The lowest BCUT2D eigenvalue weighted by Crippen LogP contribution is -2.54. The van der Waals surface area contributed by atoms with Crippen LogP contribution in [0.4, 0.5) is 0 Å². The highest BCUT2D eigenvalue weighted by atomic mass is 15.3. The van der Waals surface area contributed by atoms with E-state index in [4.69, 9.17) is 0 Å². The van der Waals surface area contributed by atoms with Gasteiger partial charge in [-0.25, -0.2) is 0 Å². The summed E-state index contributed by atoms with van der Waals surface area (Å²) in [7, 11) is 0. The first kappa shape index (κ1) is 18.9. The van der Waals surface area contributed by atoms with Crippen LogP contribution >= 0.6 is 0 Å². The molecule has 2 aliphatic rings. The molecule has 3 rings (SSSR count). The fourth-order valence-electron chi connectivity index (χ4n) is 4.51. The topological polar surface area (TPSA) is 18.5 Å². The second-order valence-electron chi connectivity index (χ2n) is 7.83. The molecule has 25 heavy (non-hydrogen) atoms. The lowest BCUT2D eigenvalue weighted by molar-refractivity contribution is 0.0749. The lowest BCUT2D eigenvalue weighted by Gasteiger charge is -2.43. The Kier molecular flexibility index (Phi) is 7.33. The number of piperazine rings is 1. The Bertz CT molecular complexity index is 490. The molecular formula is C22H37N3. The van der Waals surface area contributed by atoms with E-state index in [1.54, 1.807) is 0 Å². The number of hydrogen-bond donors (Lipinski definition) is 1. The van der Waals surface area contributed by atoms with Crippen LogP contribution in [0.5, 0.6) is 0 Å². The summed E-state index contributed by atoms with van der Waals surface area (Å²) in [5, 5.41) is 3.60. The first-order valence-electron chi connectivity index (χ1n) is 10.6. The van der Waals surface area contributed by atoms with E-state index in [1.807, 2.05) is 0 Å². The van der Waals surface area contributed by atoms with E-state index in [1.165, 1.54) is 69.4 Å². The molecule has 2 heterocycles. The van der Waals surface area contributed by atoms with Crippen LogP contribution in [0.15, 0.2) is 24.3 Å². The van der Waals surface area contributed by atoms with Gasteiger partial charge >= 0.3 is 0 Å². The first-order valence-corrected chi connectivity index (χ1v) is 10.6. The van der Waals surface area contributed by atoms with Gasteiger partial charge in [0.15, 0.2) is 0 Å². The molecule has 2 saturated heterocycles. The normalized spacial score (nSPS) is 24.8. The van der Waals surface area contributed by atoms with Crippen molar-refractivity contribution in [1.29, 1.82) is 0 Å². The van der Waals surface area contributed by atoms with Crippen molar-refractivity contribution in [2.24, 2.45) is 0 Å². The van der Waals surface area contributed by atoms with E-state index >= 15 is 0 Å². The molecule has 2 unspecified atom stereocenters. The molecule has 0 amide bonds. The molecule has 0 aliphatic carbocycles. The molecule has 2 atom stereocenters. The van der Waals surface area contributed by atoms with Crippen LogP contribution in [0.25, 0.3) is 0 Å². The van der Waals surface area contributed by atoms with Crippen molar-refractivity contribution < 1.29 is 0 Å². The molecule has 0 bridgehead atoms. The van der Waals surface area contributed by atoms with Gasteiger partial charge in [-0.3, -0.25) is 4.90 Å². The third-order valence-corrected chi connectivity index (χ3v) is 6.17. The molecular weight excluding hydrogens is 306 g/mol. The maximum absolute atomic E-state index is 3.60. The molecule has 2 aliphatic heterocycles. The van der Waals surface area contributed by atoms with Crippen LogP contribution in [0, 0.1) is 0 Å². The lowest BCUT2D eigenvalue weighted by atomic mass is 9.98. The van der Waals surface area contributed by atoms with E-state index < -0.39 is 0 Å². The average molecular weight is 344 g/mol. The Morgan fingerprint density at radius 1 is 1.00 bits per heavy atom. The Morgan fingerprint density at radius 3 is 2.36 bits per heavy atom. The van der Waals surface area contributed by atoms with Gasteiger partial charge in [0.2, 0.25) is 0 Å². The molecule has 140 valence electrons. The summed E-state index contributed by atoms with van der Waals surface area (Å²) in [6, 6.07) is 10.7. The molecule has 0 saturated carbocycles. The zero-order valence-electron chi connectivity index (χ0n) is 16.3. The maximum atomic E-state index is 3.60. The molecule has 1 aromatic rings. The minimum atomic E-state index is 0.538. The van der Waals surface area contributed by atoms with Gasteiger partial charge in [0, 0.05) is 38.3 Å². The highest BCUT2D eigenvalue weighted by Crippen LogP contribution is 2.27. The number of nitrogens with one attached hydrogen (secondary N) is 1. The van der Waals surface area contributed by atoms with Crippen LogP contribution in [0.2, 0.25) is 0 Å². The number of benzene rings is 1. The fourth-order valence-corrected chi connectivity index (χ4v) is 4.51. The highest BCUT2D eigenvalue weighted by Gasteiger charge is 2.30. The van der Waals surface area contributed by atoms with Crippen LogP contribution in [-0.4, -0.2) is 55.1 Å². The summed E-state index contributed by atoms with van der Waals surface area (Å²) < 4.78 is 0. The van der Waals surface area contributed by atoms with E-state index in [9.17, 15) is 0 Å². The molecule has 2 fully saturated rings. The SMILES string of the molecule is CCc1ccc(C(CN2CCCCCC2)N2CCNCC2CC)cc1. The molecule has 1 aromatic carbocycles. The quantitative estimate of drug-likeness (QED) is 0.846.